The molecule has 1 aromatic carbocycles. The van der Waals surface area contributed by atoms with Gasteiger partial charge in [-0.1, -0.05) is 26.0 Å². The SMILES string of the molecule is CN=C(NCc1cccc(OC)c1)NCC(C(C)C)N1CCCC1. The first-order chi connectivity index (χ1) is 11.6. The maximum absolute atomic E-state index is 5.27. The maximum atomic E-state index is 5.27. The van der Waals surface area contributed by atoms with Crippen LogP contribution in [0.15, 0.2) is 29.3 Å². The number of hydrogen-bond acceptors (Lipinski definition) is 3. The number of nitrogens with one attached hydrogen (secondary N) is 2. The maximum Gasteiger partial charge on any atom is 0.191 e. The molecule has 1 fully saturated rings. The molecule has 1 aliphatic heterocycles. The molecule has 0 spiro atoms. The number of ether oxygens (including phenoxy) is 1. The molecule has 0 bridgehead atoms. The van der Waals surface area contributed by atoms with Gasteiger partial charge in [-0.15, -0.1) is 0 Å². The molecule has 0 amide bonds. The van der Waals surface area contributed by atoms with Gasteiger partial charge in [0.05, 0.1) is 7.11 Å². The number of nitrogens with zero attached hydrogens (tertiary/aromatic N) is 2. The molecule has 1 atom stereocenters. The van der Waals surface area contributed by atoms with Gasteiger partial charge >= 0.3 is 0 Å². The molecule has 5 heteroatoms. The van der Waals surface area contributed by atoms with E-state index in [1.54, 1.807) is 7.11 Å². The predicted octanol–water partition coefficient (Wildman–Crippen LogP) is 2.48. The minimum atomic E-state index is 0.558. The highest BCUT2D eigenvalue weighted by molar-refractivity contribution is 5.79. The monoisotopic (exact) mass is 332 g/mol. The van der Waals surface area contributed by atoms with Crippen LogP contribution in [0, 0.1) is 5.92 Å². The largest absolute Gasteiger partial charge is 0.497 e. The summed E-state index contributed by atoms with van der Waals surface area (Å²) >= 11 is 0. The Labute approximate surface area is 146 Å². The van der Waals surface area contributed by atoms with Crippen LogP contribution in [0.5, 0.6) is 5.75 Å². The Morgan fingerprint density at radius 1 is 1.25 bits per heavy atom. The molecule has 1 unspecified atom stereocenters. The van der Waals surface area contributed by atoms with Crippen LogP contribution in [0.2, 0.25) is 0 Å². The summed E-state index contributed by atoms with van der Waals surface area (Å²) in [6, 6.07) is 8.65. The average molecular weight is 332 g/mol. The zero-order valence-corrected chi connectivity index (χ0v) is 15.5. The van der Waals surface area contributed by atoms with E-state index in [0.29, 0.717) is 12.0 Å². The minimum Gasteiger partial charge on any atom is -0.497 e. The number of guanidine groups is 1. The lowest BCUT2D eigenvalue weighted by Gasteiger charge is -2.31. The fraction of sp³-hybridized carbons (Fsp3) is 0.632. The van der Waals surface area contributed by atoms with Gasteiger partial charge in [0.15, 0.2) is 5.96 Å². The summed E-state index contributed by atoms with van der Waals surface area (Å²) in [5.41, 5.74) is 1.18. The third-order valence-corrected chi connectivity index (χ3v) is 4.68. The molecule has 1 heterocycles. The van der Waals surface area contributed by atoms with Crippen molar-refractivity contribution >= 4 is 5.96 Å². The van der Waals surface area contributed by atoms with Gasteiger partial charge in [-0.3, -0.25) is 9.89 Å². The molecule has 5 nitrogen and oxygen atoms in total. The molecule has 0 saturated carbocycles. The second kappa shape index (κ2) is 9.52. The van der Waals surface area contributed by atoms with Crippen molar-refractivity contribution in [1.82, 2.24) is 15.5 Å². The summed E-state index contributed by atoms with van der Waals surface area (Å²) < 4.78 is 5.27. The van der Waals surface area contributed by atoms with Crippen molar-refractivity contribution in [3.8, 4) is 5.75 Å². The van der Waals surface area contributed by atoms with Gasteiger partial charge < -0.3 is 15.4 Å². The van der Waals surface area contributed by atoms with Crippen LogP contribution in [-0.4, -0.2) is 50.7 Å². The average Bonchev–Trinajstić information content (AvgIpc) is 3.12. The predicted molar refractivity (Wildman–Crippen MR) is 101 cm³/mol. The molecule has 2 rings (SSSR count). The molecule has 0 aromatic heterocycles. The van der Waals surface area contributed by atoms with E-state index >= 15 is 0 Å². The van der Waals surface area contributed by atoms with Crippen LogP contribution < -0.4 is 15.4 Å². The van der Waals surface area contributed by atoms with Crippen molar-refractivity contribution in [1.29, 1.82) is 0 Å². The summed E-state index contributed by atoms with van der Waals surface area (Å²) in [6.07, 6.45) is 2.65. The van der Waals surface area contributed by atoms with E-state index in [1.165, 1.54) is 31.5 Å². The van der Waals surface area contributed by atoms with E-state index in [2.05, 4.69) is 40.4 Å². The molecular weight excluding hydrogens is 300 g/mol. The van der Waals surface area contributed by atoms with Gasteiger partial charge in [0, 0.05) is 26.2 Å². The smallest absolute Gasteiger partial charge is 0.191 e. The lowest BCUT2D eigenvalue weighted by Crippen LogP contribution is -2.48. The normalized spacial score (nSPS) is 17.1. The van der Waals surface area contributed by atoms with Crippen LogP contribution >= 0.6 is 0 Å². The highest BCUT2D eigenvalue weighted by Gasteiger charge is 2.24. The number of methoxy groups -OCH3 is 1. The quantitative estimate of drug-likeness (QED) is 0.595. The second-order valence-electron chi connectivity index (χ2n) is 6.71. The highest BCUT2D eigenvalue weighted by atomic mass is 16.5. The zero-order chi connectivity index (χ0) is 17.4. The van der Waals surface area contributed by atoms with Gasteiger partial charge in [0.25, 0.3) is 0 Å². The summed E-state index contributed by atoms with van der Waals surface area (Å²) in [4.78, 5) is 6.95. The molecule has 0 radical (unpaired) electrons. The number of hydrogen-bond donors (Lipinski definition) is 2. The molecule has 24 heavy (non-hydrogen) atoms. The lowest BCUT2D eigenvalue weighted by atomic mass is 10.0. The first kappa shape index (κ1) is 18.6. The highest BCUT2D eigenvalue weighted by Crippen LogP contribution is 2.17. The van der Waals surface area contributed by atoms with Crippen molar-refractivity contribution in [3.05, 3.63) is 29.8 Å². The first-order valence-electron chi connectivity index (χ1n) is 8.95. The van der Waals surface area contributed by atoms with Crippen molar-refractivity contribution in [2.45, 2.75) is 39.3 Å². The molecule has 1 aromatic rings. The van der Waals surface area contributed by atoms with E-state index in [1.807, 2.05) is 25.2 Å². The van der Waals surface area contributed by atoms with Gasteiger partial charge in [0.1, 0.15) is 5.75 Å². The first-order valence-corrected chi connectivity index (χ1v) is 8.95. The van der Waals surface area contributed by atoms with Crippen LogP contribution in [0.1, 0.15) is 32.3 Å². The van der Waals surface area contributed by atoms with E-state index < -0.39 is 0 Å². The van der Waals surface area contributed by atoms with Gasteiger partial charge in [-0.25, -0.2) is 0 Å². The summed E-state index contributed by atoms with van der Waals surface area (Å²) in [6.45, 7) is 8.71. The zero-order valence-electron chi connectivity index (χ0n) is 15.5. The van der Waals surface area contributed by atoms with Crippen molar-refractivity contribution in [2.75, 3.05) is 33.8 Å². The number of likely N-dealkylation sites (tertiary alicyclic amines) is 1. The third-order valence-electron chi connectivity index (χ3n) is 4.68. The third kappa shape index (κ3) is 5.41. The fourth-order valence-electron chi connectivity index (χ4n) is 3.25. The Balaban J connectivity index is 1.84. The summed E-state index contributed by atoms with van der Waals surface area (Å²) in [5, 5.41) is 6.88. The number of aliphatic imine (C=N–C) groups is 1. The second-order valence-corrected chi connectivity index (χ2v) is 6.71. The van der Waals surface area contributed by atoms with Crippen molar-refractivity contribution in [3.63, 3.8) is 0 Å². The van der Waals surface area contributed by atoms with E-state index in [-0.39, 0.29) is 0 Å². The van der Waals surface area contributed by atoms with E-state index in [0.717, 1.165) is 24.8 Å². The minimum absolute atomic E-state index is 0.558. The van der Waals surface area contributed by atoms with Gasteiger partial charge in [-0.05, 0) is 49.5 Å². The fourth-order valence-corrected chi connectivity index (χ4v) is 3.25. The summed E-state index contributed by atoms with van der Waals surface area (Å²) in [7, 11) is 3.51. The molecule has 2 N–H and O–H groups in total. The van der Waals surface area contributed by atoms with Crippen molar-refractivity contribution in [2.24, 2.45) is 10.9 Å². The number of rotatable bonds is 7. The Bertz CT molecular complexity index is 524. The van der Waals surface area contributed by atoms with Crippen LogP contribution in [0.4, 0.5) is 0 Å². The summed E-state index contributed by atoms with van der Waals surface area (Å²) in [5.74, 6) is 2.36. The molecule has 0 aliphatic carbocycles. The van der Waals surface area contributed by atoms with Crippen LogP contribution in [-0.2, 0) is 6.54 Å². The van der Waals surface area contributed by atoms with Crippen LogP contribution in [0.3, 0.4) is 0 Å². The van der Waals surface area contributed by atoms with Crippen LogP contribution in [0.25, 0.3) is 0 Å². The topological polar surface area (TPSA) is 48.9 Å². The van der Waals surface area contributed by atoms with Gasteiger partial charge in [0.2, 0.25) is 0 Å². The van der Waals surface area contributed by atoms with Gasteiger partial charge in [-0.2, -0.15) is 0 Å². The Morgan fingerprint density at radius 2 is 2.00 bits per heavy atom. The van der Waals surface area contributed by atoms with E-state index in [4.69, 9.17) is 4.74 Å². The standard InChI is InChI=1S/C19H32N4O/c1-15(2)18(23-10-5-6-11-23)14-22-19(20-3)21-13-16-8-7-9-17(12-16)24-4/h7-9,12,15,18H,5-6,10-11,13-14H2,1-4H3,(H2,20,21,22). The Kier molecular flexibility index (Phi) is 7.37. The van der Waals surface area contributed by atoms with E-state index in [9.17, 15) is 0 Å². The van der Waals surface area contributed by atoms with Crippen molar-refractivity contribution < 1.29 is 4.74 Å². The molecule has 134 valence electrons. The molecule has 1 aliphatic rings. The molecular formula is C19H32N4O. The Hall–Kier alpha value is -1.75. The Morgan fingerprint density at radius 3 is 2.62 bits per heavy atom. The number of benzene rings is 1. The molecule has 1 saturated heterocycles. The lowest BCUT2D eigenvalue weighted by molar-refractivity contribution is 0.192.